The molecule has 0 N–H and O–H groups in total. The zero-order valence-corrected chi connectivity index (χ0v) is 11.4. The van der Waals surface area contributed by atoms with Gasteiger partial charge in [-0.15, -0.1) is 22.7 Å². The molecule has 0 radical (unpaired) electrons. The zero-order valence-electron chi connectivity index (χ0n) is 9.82. The Morgan fingerprint density at radius 1 is 0.824 bits per heavy atom. The van der Waals surface area contributed by atoms with Gasteiger partial charge < -0.3 is 0 Å². The molecule has 2 heteroatoms. The number of rotatable bonds is 6. The Kier molecular flexibility index (Phi) is 4.35. The topological polar surface area (TPSA) is 0 Å². The fourth-order valence-corrected chi connectivity index (χ4v) is 3.52. The van der Waals surface area contributed by atoms with Crippen LogP contribution in [0.3, 0.4) is 0 Å². The maximum atomic E-state index is 3.79. The highest BCUT2D eigenvalue weighted by molar-refractivity contribution is 7.13. The van der Waals surface area contributed by atoms with Crippen molar-refractivity contribution in [1.29, 1.82) is 0 Å². The third kappa shape index (κ3) is 3.42. The summed E-state index contributed by atoms with van der Waals surface area (Å²) in [5.41, 5.74) is 0. The normalized spacial score (nSPS) is 10.4. The maximum Gasteiger partial charge on any atom is 0.0267 e. The highest BCUT2D eigenvalue weighted by Crippen LogP contribution is 2.22. The van der Waals surface area contributed by atoms with Crippen molar-refractivity contribution < 1.29 is 0 Å². The van der Waals surface area contributed by atoms with E-state index in [1.807, 2.05) is 34.8 Å². The highest BCUT2D eigenvalue weighted by atomic mass is 32.1. The first-order valence-electron chi connectivity index (χ1n) is 5.74. The number of hydrogen-bond donors (Lipinski definition) is 0. The van der Waals surface area contributed by atoms with Crippen molar-refractivity contribution in [3.8, 4) is 0 Å². The van der Waals surface area contributed by atoms with Gasteiger partial charge >= 0.3 is 0 Å². The molecular weight excluding hydrogens is 244 g/mol. The van der Waals surface area contributed by atoms with Crippen molar-refractivity contribution in [2.45, 2.75) is 19.3 Å². The van der Waals surface area contributed by atoms with Crippen LogP contribution >= 0.6 is 22.7 Å². The summed E-state index contributed by atoms with van der Waals surface area (Å²) >= 11 is 3.69. The summed E-state index contributed by atoms with van der Waals surface area (Å²) in [6, 6.07) is 8.72. The summed E-state index contributed by atoms with van der Waals surface area (Å²) in [7, 11) is 0. The van der Waals surface area contributed by atoms with Gasteiger partial charge in [-0.2, -0.15) is 0 Å². The molecule has 0 saturated heterocycles. The maximum absolute atomic E-state index is 3.79. The Labute approximate surface area is 111 Å². The predicted molar refractivity (Wildman–Crippen MR) is 80.8 cm³/mol. The van der Waals surface area contributed by atoms with E-state index in [-0.39, 0.29) is 0 Å². The first-order valence-corrected chi connectivity index (χ1v) is 7.37. The van der Waals surface area contributed by atoms with Gasteiger partial charge in [0, 0.05) is 19.5 Å². The molecule has 0 saturated carbocycles. The predicted octanol–water partition coefficient (Wildman–Crippen LogP) is 5.27. The van der Waals surface area contributed by atoms with E-state index in [4.69, 9.17) is 0 Å². The summed E-state index contributed by atoms with van der Waals surface area (Å²) in [6.07, 6.45) is 7.39. The monoisotopic (exact) mass is 260 g/mol. The van der Waals surface area contributed by atoms with Crippen LogP contribution in [-0.2, 0) is 12.8 Å². The molecular formula is C15H16S2. The molecule has 0 fully saturated rings. The molecule has 2 aromatic rings. The molecule has 2 heterocycles. The zero-order chi connectivity index (χ0) is 12.1. The van der Waals surface area contributed by atoms with Gasteiger partial charge in [0.25, 0.3) is 0 Å². The quantitative estimate of drug-likeness (QED) is 0.663. The van der Waals surface area contributed by atoms with Gasteiger partial charge in [-0.3, -0.25) is 0 Å². The van der Waals surface area contributed by atoms with Gasteiger partial charge in [-0.05, 0) is 43.5 Å². The first-order chi connectivity index (χ1) is 8.31. The number of hydrogen-bond acceptors (Lipinski definition) is 2. The van der Waals surface area contributed by atoms with E-state index in [0.29, 0.717) is 0 Å². The largest absolute Gasteiger partial charge is 0.141 e. The third-order valence-corrected chi connectivity index (χ3v) is 4.90. The first kappa shape index (κ1) is 12.3. The number of thiophene rings is 2. The highest BCUT2D eigenvalue weighted by Gasteiger charge is 2.00. The molecule has 88 valence electrons. The fraction of sp³-hybridized carbons (Fsp3) is 0.200. The van der Waals surface area contributed by atoms with E-state index in [0.717, 1.165) is 0 Å². The van der Waals surface area contributed by atoms with E-state index < -0.39 is 0 Å². The molecule has 0 amide bonds. The minimum atomic E-state index is 1.17. The molecule has 17 heavy (non-hydrogen) atoms. The minimum Gasteiger partial charge on any atom is -0.141 e. The van der Waals surface area contributed by atoms with Crippen molar-refractivity contribution in [3.05, 3.63) is 56.9 Å². The van der Waals surface area contributed by atoms with Crippen molar-refractivity contribution in [3.63, 3.8) is 0 Å². The van der Waals surface area contributed by atoms with Gasteiger partial charge in [0.2, 0.25) is 0 Å². The standard InChI is InChI=1S/C15H16S2/c1-3-12-8-10-14(16-12)6-5-7-15-11-9-13(4-2)17-15/h3-4,8-11H,1-2,5-7H2. The Morgan fingerprint density at radius 3 is 1.65 bits per heavy atom. The fourth-order valence-electron chi connectivity index (χ4n) is 1.71. The second-order valence-corrected chi connectivity index (χ2v) is 6.27. The molecule has 0 aromatic carbocycles. The lowest BCUT2D eigenvalue weighted by molar-refractivity contribution is 0.842. The van der Waals surface area contributed by atoms with E-state index >= 15 is 0 Å². The molecule has 0 spiro atoms. The van der Waals surface area contributed by atoms with Crippen molar-refractivity contribution in [1.82, 2.24) is 0 Å². The lowest BCUT2D eigenvalue weighted by atomic mass is 10.2. The molecule has 0 aliphatic carbocycles. The van der Waals surface area contributed by atoms with Gasteiger partial charge in [0.05, 0.1) is 0 Å². The lowest BCUT2D eigenvalue weighted by Crippen LogP contribution is -1.84. The van der Waals surface area contributed by atoms with Crippen LogP contribution in [0.1, 0.15) is 25.9 Å². The smallest absolute Gasteiger partial charge is 0.0267 e. The van der Waals surface area contributed by atoms with Crippen LogP contribution in [0.5, 0.6) is 0 Å². The summed E-state index contributed by atoms with van der Waals surface area (Å²) < 4.78 is 0. The third-order valence-electron chi connectivity index (χ3n) is 2.61. The molecule has 0 aliphatic rings. The molecule has 0 nitrogen and oxygen atoms in total. The second-order valence-electron chi connectivity index (χ2n) is 3.87. The van der Waals surface area contributed by atoms with Crippen LogP contribution in [0, 0.1) is 0 Å². The summed E-state index contributed by atoms with van der Waals surface area (Å²) in [4.78, 5) is 5.45. The molecule has 0 unspecified atom stereocenters. The summed E-state index contributed by atoms with van der Waals surface area (Å²) in [5.74, 6) is 0. The van der Waals surface area contributed by atoms with E-state index in [2.05, 4.69) is 37.4 Å². The average molecular weight is 260 g/mol. The van der Waals surface area contributed by atoms with E-state index in [9.17, 15) is 0 Å². The van der Waals surface area contributed by atoms with Gasteiger partial charge in [-0.1, -0.05) is 25.3 Å². The van der Waals surface area contributed by atoms with Crippen molar-refractivity contribution in [2.75, 3.05) is 0 Å². The van der Waals surface area contributed by atoms with E-state index in [1.165, 1.54) is 38.8 Å². The Morgan fingerprint density at radius 2 is 1.29 bits per heavy atom. The lowest BCUT2D eigenvalue weighted by Gasteiger charge is -1.96. The molecule has 0 bridgehead atoms. The van der Waals surface area contributed by atoms with E-state index in [1.54, 1.807) is 0 Å². The second kappa shape index (κ2) is 5.99. The summed E-state index contributed by atoms with van der Waals surface area (Å²) in [5, 5.41) is 0. The number of aryl methyl sites for hydroxylation is 2. The van der Waals surface area contributed by atoms with Gasteiger partial charge in [0.1, 0.15) is 0 Å². The van der Waals surface area contributed by atoms with Crippen LogP contribution in [-0.4, -0.2) is 0 Å². The molecule has 0 atom stereocenters. The van der Waals surface area contributed by atoms with Crippen LogP contribution in [0.2, 0.25) is 0 Å². The van der Waals surface area contributed by atoms with Crippen molar-refractivity contribution in [2.24, 2.45) is 0 Å². The Balaban J connectivity index is 1.82. The molecule has 2 rings (SSSR count). The van der Waals surface area contributed by atoms with Crippen molar-refractivity contribution >= 4 is 34.8 Å². The van der Waals surface area contributed by atoms with Crippen LogP contribution < -0.4 is 0 Å². The Bertz CT molecular complexity index is 456. The molecule has 2 aromatic heterocycles. The van der Waals surface area contributed by atoms with Gasteiger partial charge in [-0.25, -0.2) is 0 Å². The minimum absolute atomic E-state index is 1.17. The van der Waals surface area contributed by atoms with Crippen LogP contribution in [0.25, 0.3) is 12.2 Å². The van der Waals surface area contributed by atoms with Crippen LogP contribution in [0.4, 0.5) is 0 Å². The SMILES string of the molecule is C=Cc1ccc(CCCc2ccc(C=C)s2)s1. The Hall–Kier alpha value is -1.12. The summed E-state index contributed by atoms with van der Waals surface area (Å²) in [6.45, 7) is 7.57. The van der Waals surface area contributed by atoms with Gasteiger partial charge in [0.15, 0.2) is 0 Å². The molecule has 0 aliphatic heterocycles. The average Bonchev–Trinajstić information content (AvgIpc) is 2.97. The van der Waals surface area contributed by atoms with Crippen LogP contribution in [0.15, 0.2) is 37.4 Å².